The zero-order chi connectivity index (χ0) is 24.0. The Bertz CT molecular complexity index is 1170. The monoisotopic (exact) mass is 465 g/mol. The molecule has 0 aromatic heterocycles. The molecule has 2 amide bonds. The second-order valence-electron chi connectivity index (χ2n) is 8.12. The summed E-state index contributed by atoms with van der Waals surface area (Å²) in [5, 5.41) is 5.53. The van der Waals surface area contributed by atoms with Crippen LogP contribution < -0.4 is 10.6 Å². The summed E-state index contributed by atoms with van der Waals surface area (Å²) in [6, 6.07) is 11.5. The summed E-state index contributed by atoms with van der Waals surface area (Å²) < 4.78 is 25.9. The Kier molecular flexibility index (Phi) is 7.89. The molecule has 1 aliphatic heterocycles. The predicted octanol–water partition coefficient (Wildman–Crippen LogP) is 4.80. The SMILES string of the molecule is C=C/C=C(\C=C)C(C)NC(=O)Nc1ccc(S(=O)(=O)Cc2ccc3c(c2)CN(CC)C3)cc1. The highest BCUT2D eigenvalue weighted by Crippen LogP contribution is 2.26. The van der Waals surface area contributed by atoms with Crippen LogP contribution in [0.2, 0.25) is 0 Å². The number of urea groups is 1. The average molecular weight is 466 g/mol. The van der Waals surface area contributed by atoms with Gasteiger partial charge in [0.1, 0.15) is 0 Å². The lowest BCUT2D eigenvalue weighted by atomic mass is 10.1. The molecule has 2 N–H and O–H groups in total. The van der Waals surface area contributed by atoms with E-state index in [2.05, 4.69) is 35.6 Å². The predicted molar refractivity (Wildman–Crippen MR) is 134 cm³/mol. The van der Waals surface area contributed by atoms with E-state index in [1.54, 1.807) is 30.4 Å². The molecule has 1 atom stereocenters. The van der Waals surface area contributed by atoms with Crippen molar-refractivity contribution in [3.63, 3.8) is 0 Å². The summed E-state index contributed by atoms with van der Waals surface area (Å²) in [4.78, 5) is 14.8. The van der Waals surface area contributed by atoms with Gasteiger partial charge >= 0.3 is 6.03 Å². The lowest BCUT2D eigenvalue weighted by molar-refractivity contribution is 0.250. The number of hydrogen-bond donors (Lipinski definition) is 2. The molecule has 0 bridgehead atoms. The first kappa shape index (κ1) is 24.5. The van der Waals surface area contributed by atoms with Crippen LogP contribution in [0.25, 0.3) is 0 Å². The van der Waals surface area contributed by atoms with E-state index in [1.165, 1.54) is 23.3 Å². The molecule has 1 aliphatic rings. The lowest BCUT2D eigenvalue weighted by Crippen LogP contribution is -2.36. The van der Waals surface area contributed by atoms with Gasteiger partial charge in [0, 0.05) is 18.8 Å². The molecule has 2 aromatic carbocycles. The van der Waals surface area contributed by atoms with Crippen LogP contribution >= 0.6 is 0 Å². The van der Waals surface area contributed by atoms with E-state index < -0.39 is 15.9 Å². The van der Waals surface area contributed by atoms with Crippen LogP contribution in [-0.2, 0) is 28.7 Å². The van der Waals surface area contributed by atoms with Gasteiger partial charge in [0.05, 0.1) is 16.7 Å². The number of nitrogens with one attached hydrogen (secondary N) is 2. The van der Waals surface area contributed by atoms with Gasteiger partial charge < -0.3 is 10.6 Å². The minimum atomic E-state index is -3.50. The van der Waals surface area contributed by atoms with Crippen LogP contribution in [0.15, 0.2) is 84.3 Å². The summed E-state index contributed by atoms with van der Waals surface area (Å²) in [5.41, 5.74) is 4.58. The number of benzene rings is 2. The Morgan fingerprint density at radius 2 is 1.82 bits per heavy atom. The van der Waals surface area contributed by atoms with Gasteiger partial charge in [0.15, 0.2) is 9.84 Å². The van der Waals surface area contributed by atoms with Crippen molar-refractivity contribution in [1.29, 1.82) is 0 Å². The fourth-order valence-corrected chi connectivity index (χ4v) is 5.19. The maximum Gasteiger partial charge on any atom is 0.319 e. The minimum Gasteiger partial charge on any atom is -0.331 e. The van der Waals surface area contributed by atoms with Crippen molar-refractivity contribution in [2.75, 3.05) is 11.9 Å². The number of nitrogens with zero attached hydrogens (tertiary/aromatic N) is 1. The molecule has 0 radical (unpaired) electrons. The van der Waals surface area contributed by atoms with Crippen LogP contribution in [0.5, 0.6) is 0 Å². The van der Waals surface area contributed by atoms with Crippen molar-refractivity contribution in [2.45, 2.75) is 43.6 Å². The minimum absolute atomic E-state index is 0.0584. The van der Waals surface area contributed by atoms with E-state index in [-0.39, 0.29) is 16.7 Å². The highest BCUT2D eigenvalue weighted by Gasteiger charge is 2.20. The summed E-state index contributed by atoms with van der Waals surface area (Å²) >= 11 is 0. The molecule has 0 saturated carbocycles. The maximum atomic E-state index is 12.9. The number of carbonyl (C=O) groups excluding carboxylic acids is 1. The number of carbonyl (C=O) groups is 1. The summed E-state index contributed by atoms with van der Waals surface area (Å²) in [6.07, 6.45) is 5.07. The topological polar surface area (TPSA) is 78.5 Å². The standard InChI is InChI=1S/C26H31N3O3S/c1-5-8-21(6-2)19(4)27-26(30)28-24-11-13-25(14-12-24)33(31,32)18-20-9-10-22-16-29(7-3)17-23(22)15-20/h5-6,8-15,19H,1-2,7,16-18H2,3-4H3,(H2,27,28,30)/b21-8+. The van der Waals surface area contributed by atoms with Crippen LogP contribution in [-0.4, -0.2) is 31.9 Å². The summed E-state index contributed by atoms with van der Waals surface area (Å²) in [7, 11) is -3.50. The van der Waals surface area contributed by atoms with E-state index in [0.29, 0.717) is 5.69 Å². The van der Waals surface area contributed by atoms with E-state index in [9.17, 15) is 13.2 Å². The number of rotatable bonds is 9. The Morgan fingerprint density at radius 1 is 1.12 bits per heavy atom. The lowest BCUT2D eigenvalue weighted by Gasteiger charge is -2.16. The van der Waals surface area contributed by atoms with Crippen LogP contribution in [0, 0.1) is 0 Å². The smallest absolute Gasteiger partial charge is 0.319 e. The van der Waals surface area contributed by atoms with Gasteiger partial charge in [0.2, 0.25) is 0 Å². The summed E-state index contributed by atoms with van der Waals surface area (Å²) in [5.74, 6) is -0.0584. The van der Waals surface area contributed by atoms with Gasteiger partial charge in [-0.15, -0.1) is 0 Å². The number of anilines is 1. The molecular weight excluding hydrogens is 434 g/mol. The molecule has 1 unspecified atom stereocenters. The number of sulfone groups is 1. The molecule has 0 aliphatic carbocycles. The largest absolute Gasteiger partial charge is 0.331 e. The first-order valence-electron chi connectivity index (χ1n) is 10.9. The van der Waals surface area contributed by atoms with Gasteiger partial charge in [-0.05, 0) is 60.0 Å². The van der Waals surface area contributed by atoms with Crippen molar-refractivity contribution in [3.05, 3.63) is 96.1 Å². The number of amides is 2. The van der Waals surface area contributed by atoms with Gasteiger partial charge in [-0.3, -0.25) is 4.90 Å². The van der Waals surface area contributed by atoms with E-state index in [4.69, 9.17) is 0 Å². The third-order valence-corrected chi connectivity index (χ3v) is 7.43. The summed E-state index contributed by atoms with van der Waals surface area (Å²) in [6.45, 7) is 14.1. The van der Waals surface area contributed by atoms with Crippen molar-refractivity contribution >= 4 is 21.6 Å². The van der Waals surface area contributed by atoms with Crippen LogP contribution in [0.1, 0.15) is 30.5 Å². The quantitative estimate of drug-likeness (QED) is 0.521. The normalized spacial score (nSPS) is 14.9. The third kappa shape index (κ3) is 6.21. The molecule has 0 spiro atoms. The van der Waals surface area contributed by atoms with E-state index in [1.807, 2.05) is 25.1 Å². The van der Waals surface area contributed by atoms with Gasteiger partial charge in [0.25, 0.3) is 0 Å². The van der Waals surface area contributed by atoms with Gasteiger partial charge in [-0.2, -0.15) is 0 Å². The van der Waals surface area contributed by atoms with Crippen molar-refractivity contribution < 1.29 is 13.2 Å². The third-order valence-electron chi connectivity index (χ3n) is 5.73. The maximum absolute atomic E-state index is 12.9. The van der Waals surface area contributed by atoms with Gasteiger partial charge in [-0.1, -0.05) is 56.5 Å². The Balaban J connectivity index is 1.63. The number of allylic oxidation sites excluding steroid dienone is 2. The van der Waals surface area contributed by atoms with Crippen LogP contribution in [0.4, 0.5) is 10.5 Å². The Morgan fingerprint density at radius 3 is 2.45 bits per heavy atom. The molecule has 2 aromatic rings. The molecule has 0 fully saturated rings. The zero-order valence-corrected chi connectivity index (χ0v) is 20.0. The second kappa shape index (κ2) is 10.6. The molecule has 174 valence electrons. The first-order valence-corrected chi connectivity index (χ1v) is 12.6. The fourth-order valence-electron chi connectivity index (χ4n) is 3.85. The molecule has 0 saturated heterocycles. The Hall–Kier alpha value is -3.16. The highest BCUT2D eigenvalue weighted by molar-refractivity contribution is 7.90. The Labute approximate surface area is 196 Å². The van der Waals surface area contributed by atoms with E-state index in [0.717, 1.165) is 30.8 Å². The highest BCUT2D eigenvalue weighted by atomic mass is 32.2. The number of hydrogen-bond acceptors (Lipinski definition) is 4. The zero-order valence-electron chi connectivity index (χ0n) is 19.2. The molecule has 7 heteroatoms. The van der Waals surface area contributed by atoms with Crippen molar-refractivity contribution in [1.82, 2.24) is 10.2 Å². The molecule has 33 heavy (non-hydrogen) atoms. The average Bonchev–Trinajstić information content (AvgIpc) is 3.20. The second-order valence-corrected chi connectivity index (χ2v) is 10.1. The first-order chi connectivity index (χ1) is 15.7. The molecule has 6 nitrogen and oxygen atoms in total. The van der Waals surface area contributed by atoms with Crippen molar-refractivity contribution in [2.24, 2.45) is 0 Å². The fraction of sp³-hybridized carbons (Fsp3) is 0.269. The molecule has 3 rings (SSSR count). The van der Waals surface area contributed by atoms with E-state index >= 15 is 0 Å². The molecule has 1 heterocycles. The number of fused-ring (bicyclic) bond motifs is 1. The van der Waals surface area contributed by atoms with Crippen LogP contribution in [0.3, 0.4) is 0 Å². The molecular formula is C26H31N3O3S. The van der Waals surface area contributed by atoms with Gasteiger partial charge in [-0.25, -0.2) is 13.2 Å². The van der Waals surface area contributed by atoms with Crippen molar-refractivity contribution in [3.8, 4) is 0 Å².